The fourth-order valence-electron chi connectivity index (χ4n) is 5.10. The van der Waals surface area contributed by atoms with Gasteiger partial charge in [-0.25, -0.2) is 0 Å². The normalized spacial score (nSPS) is 21.7. The minimum absolute atomic E-state index is 0.0298. The molecule has 0 bridgehead atoms. The lowest BCUT2D eigenvalue weighted by atomic mass is 9.82. The molecular weight excluding hydrogens is 503 g/mol. The summed E-state index contributed by atoms with van der Waals surface area (Å²) in [5.74, 6) is -0.236. The number of alkyl halides is 3. The van der Waals surface area contributed by atoms with Crippen LogP contribution in [0.15, 0.2) is 41.8 Å². The van der Waals surface area contributed by atoms with Gasteiger partial charge in [-0.15, -0.1) is 16.3 Å². The number of aromatic nitrogens is 1. The summed E-state index contributed by atoms with van der Waals surface area (Å²) in [6, 6.07) is 8.82. The highest BCUT2D eigenvalue weighted by atomic mass is 32.1. The average molecular weight is 530 g/mol. The number of nitrogens with one attached hydrogen (secondary N) is 2. The number of thiophene rings is 1. The van der Waals surface area contributed by atoms with Gasteiger partial charge in [-0.2, -0.15) is 13.2 Å². The van der Waals surface area contributed by atoms with Crippen LogP contribution in [0.1, 0.15) is 36.1 Å². The molecule has 3 N–H and O–H groups in total. The second-order valence-electron chi connectivity index (χ2n) is 9.66. The number of anilines is 1. The zero-order chi connectivity index (χ0) is 26.2. The van der Waals surface area contributed by atoms with Crippen LogP contribution >= 0.6 is 11.3 Å². The molecule has 194 valence electrons. The van der Waals surface area contributed by atoms with Gasteiger partial charge in [0.25, 0.3) is 5.82 Å². The van der Waals surface area contributed by atoms with E-state index in [1.54, 1.807) is 11.3 Å². The standard InChI is InChI=1S/C26H26F3N5O2S/c1-30-23-14-21(19-11-16(26(27,28)29)4-5-20(19)33-23)31-15-24(35)32-17-12-18(13-17)34-8-6-25(36,7-9-34)22-3-2-10-37-22/h2-5,10-11,14,17-18,36H,6-9,12-13,15H2,(H,31,33)(H,32,35)/t17-,18-. The van der Waals surface area contributed by atoms with Gasteiger partial charge in [0.1, 0.15) is 5.60 Å². The highest BCUT2D eigenvalue weighted by Crippen LogP contribution is 2.38. The topological polar surface area (TPSA) is 81.9 Å². The summed E-state index contributed by atoms with van der Waals surface area (Å²) in [6.45, 7) is 8.70. The smallest absolute Gasteiger partial charge is 0.384 e. The summed E-state index contributed by atoms with van der Waals surface area (Å²) in [5.41, 5.74) is -1.07. The van der Waals surface area contributed by atoms with Crippen molar-refractivity contribution in [3.8, 4) is 0 Å². The summed E-state index contributed by atoms with van der Waals surface area (Å²) in [5, 5.41) is 19.0. The Morgan fingerprint density at radius 3 is 2.65 bits per heavy atom. The van der Waals surface area contributed by atoms with E-state index in [0.717, 1.165) is 42.9 Å². The molecule has 0 spiro atoms. The van der Waals surface area contributed by atoms with Crippen LogP contribution in [0, 0.1) is 6.57 Å². The Labute approximate surface area is 216 Å². The largest absolute Gasteiger partial charge is 0.416 e. The zero-order valence-electron chi connectivity index (χ0n) is 19.9. The third-order valence-corrected chi connectivity index (χ3v) is 8.34. The van der Waals surface area contributed by atoms with Crippen molar-refractivity contribution in [3.05, 3.63) is 63.6 Å². The number of rotatable bonds is 6. The molecule has 1 amide bonds. The maximum atomic E-state index is 13.2. The number of hydrogen-bond donors (Lipinski definition) is 3. The lowest BCUT2D eigenvalue weighted by Crippen LogP contribution is -2.57. The third-order valence-electron chi connectivity index (χ3n) is 7.28. The maximum Gasteiger partial charge on any atom is 0.416 e. The summed E-state index contributed by atoms with van der Waals surface area (Å²) < 4.78 is 39.6. The first-order chi connectivity index (χ1) is 17.6. The lowest BCUT2D eigenvalue weighted by molar-refractivity contribution is -0.137. The van der Waals surface area contributed by atoms with Gasteiger partial charge < -0.3 is 20.6 Å². The fraction of sp³-hybridized carbons (Fsp3) is 0.423. The van der Waals surface area contributed by atoms with Crippen molar-refractivity contribution < 1.29 is 23.1 Å². The predicted octanol–water partition coefficient (Wildman–Crippen LogP) is 4.91. The molecule has 0 unspecified atom stereocenters. The predicted molar refractivity (Wildman–Crippen MR) is 135 cm³/mol. The second-order valence-corrected chi connectivity index (χ2v) is 10.6. The van der Waals surface area contributed by atoms with Crippen LogP contribution in [0.4, 0.5) is 24.7 Å². The van der Waals surface area contributed by atoms with Crippen LogP contribution in [0.5, 0.6) is 0 Å². The van der Waals surface area contributed by atoms with Crippen LogP contribution in [0.25, 0.3) is 15.7 Å². The van der Waals surface area contributed by atoms with E-state index in [1.165, 1.54) is 12.1 Å². The molecule has 5 rings (SSSR count). The first-order valence-corrected chi connectivity index (χ1v) is 13.0. The summed E-state index contributed by atoms with van der Waals surface area (Å²) in [4.78, 5) is 23.3. The van der Waals surface area contributed by atoms with E-state index >= 15 is 0 Å². The molecule has 1 saturated heterocycles. The summed E-state index contributed by atoms with van der Waals surface area (Å²) in [6.07, 6.45) is -1.50. The number of halogens is 3. The number of pyridine rings is 1. The van der Waals surface area contributed by atoms with Crippen molar-refractivity contribution in [2.45, 2.75) is 49.5 Å². The van der Waals surface area contributed by atoms with Gasteiger partial charge in [0, 0.05) is 41.1 Å². The quantitative estimate of drug-likeness (QED) is 0.396. The molecule has 11 heteroatoms. The number of carbonyl (C=O) groups excluding carboxylic acids is 1. The van der Waals surface area contributed by atoms with Crippen molar-refractivity contribution in [1.29, 1.82) is 0 Å². The molecule has 1 aliphatic carbocycles. The summed E-state index contributed by atoms with van der Waals surface area (Å²) in [7, 11) is 0. The average Bonchev–Trinajstić information content (AvgIpc) is 3.40. The van der Waals surface area contributed by atoms with Gasteiger partial charge in [-0.1, -0.05) is 12.6 Å². The fourth-order valence-corrected chi connectivity index (χ4v) is 5.98. The molecule has 2 fully saturated rings. The van der Waals surface area contributed by atoms with E-state index in [1.807, 2.05) is 17.5 Å². The molecule has 1 saturated carbocycles. The second kappa shape index (κ2) is 9.93. The van der Waals surface area contributed by atoms with Gasteiger partial charge in [0.05, 0.1) is 12.1 Å². The first kappa shape index (κ1) is 25.4. The van der Waals surface area contributed by atoms with Crippen LogP contribution in [-0.2, 0) is 16.6 Å². The van der Waals surface area contributed by atoms with Crippen LogP contribution in [-0.4, -0.2) is 52.6 Å². The minimum atomic E-state index is -4.51. The van der Waals surface area contributed by atoms with Gasteiger partial charge in [-0.05, 0) is 61.4 Å². The van der Waals surface area contributed by atoms with Crippen molar-refractivity contribution in [3.63, 3.8) is 0 Å². The van der Waals surface area contributed by atoms with Crippen LogP contribution < -0.4 is 10.6 Å². The van der Waals surface area contributed by atoms with E-state index < -0.39 is 17.3 Å². The van der Waals surface area contributed by atoms with Crippen molar-refractivity contribution >= 4 is 39.7 Å². The molecule has 2 aliphatic rings. The zero-order valence-corrected chi connectivity index (χ0v) is 20.7. The number of carbonyl (C=O) groups is 1. The van der Waals surface area contributed by atoms with E-state index in [0.29, 0.717) is 18.9 Å². The van der Waals surface area contributed by atoms with E-state index in [4.69, 9.17) is 6.57 Å². The van der Waals surface area contributed by atoms with Gasteiger partial charge in [0.2, 0.25) is 5.91 Å². The Morgan fingerprint density at radius 2 is 2.00 bits per heavy atom. The number of nitrogens with zero attached hydrogens (tertiary/aromatic N) is 3. The van der Waals surface area contributed by atoms with Crippen molar-refractivity contribution in [2.24, 2.45) is 0 Å². The molecule has 37 heavy (non-hydrogen) atoms. The van der Waals surface area contributed by atoms with E-state index in [-0.39, 0.29) is 40.9 Å². The number of likely N-dealkylation sites (tertiary alicyclic amines) is 1. The number of benzene rings is 1. The van der Waals surface area contributed by atoms with Crippen LogP contribution in [0.3, 0.4) is 0 Å². The molecule has 3 aromatic rings. The van der Waals surface area contributed by atoms with Gasteiger partial charge >= 0.3 is 6.18 Å². The Bertz CT molecular complexity index is 1320. The Kier molecular flexibility index (Phi) is 6.83. The SMILES string of the molecule is [C-]#[N+]c1cc(NCC(=O)N[C@H]2C[C@H](N3CCC(O)(c4cccs4)CC3)C2)c2cc(C(F)(F)F)ccc2n1. The van der Waals surface area contributed by atoms with E-state index in [9.17, 15) is 23.1 Å². The van der Waals surface area contributed by atoms with Crippen molar-refractivity contribution in [2.75, 3.05) is 25.0 Å². The lowest BCUT2D eigenvalue weighted by Gasteiger charge is -2.47. The third kappa shape index (κ3) is 5.42. The molecular formula is C26H26F3N5O2S. The monoisotopic (exact) mass is 529 g/mol. The number of hydrogen-bond acceptors (Lipinski definition) is 6. The maximum absolute atomic E-state index is 13.2. The number of amides is 1. The minimum Gasteiger partial charge on any atom is -0.384 e. The van der Waals surface area contributed by atoms with E-state index in [2.05, 4.69) is 25.4 Å². The number of piperidine rings is 1. The molecule has 1 aliphatic heterocycles. The molecule has 1 aromatic carbocycles. The number of fused-ring (bicyclic) bond motifs is 1. The molecule has 7 nitrogen and oxygen atoms in total. The Balaban J connectivity index is 1.14. The molecule has 3 heterocycles. The highest BCUT2D eigenvalue weighted by molar-refractivity contribution is 7.10. The number of aliphatic hydroxyl groups is 1. The first-order valence-electron chi connectivity index (χ1n) is 12.1. The summed E-state index contributed by atoms with van der Waals surface area (Å²) >= 11 is 1.58. The molecule has 0 radical (unpaired) electrons. The van der Waals surface area contributed by atoms with Crippen LogP contribution in [0.2, 0.25) is 0 Å². The van der Waals surface area contributed by atoms with Gasteiger partial charge in [-0.3, -0.25) is 9.69 Å². The van der Waals surface area contributed by atoms with Crippen molar-refractivity contribution in [1.82, 2.24) is 15.2 Å². The molecule has 2 aromatic heterocycles. The Morgan fingerprint density at radius 1 is 1.24 bits per heavy atom. The Hall–Kier alpha value is -3.20. The highest BCUT2D eigenvalue weighted by Gasteiger charge is 2.40. The molecule has 0 atom stereocenters. The van der Waals surface area contributed by atoms with Gasteiger partial charge in [0.15, 0.2) is 5.52 Å².